The minimum atomic E-state index is -0.201. The van der Waals surface area contributed by atoms with Crippen molar-refractivity contribution >= 4 is 40.9 Å². The summed E-state index contributed by atoms with van der Waals surface area (Å²) in [5.41, 5.74) is 2.77. The molecule has 0 unspecified atom stereocenters. The summed E-state index contributed by atoms with van der Waals surface area (Å²) in [6, 6.07) is 13.2. The van der Waals surface area contributed by atoms with E-state index in [1.807, 2.05) is 12.1 Å². The number of rotatable bonds is 5. The molecule has 2 aromatic rings. The molecule has 1 heterocycles. The normalized spacial score (nSPS) is 16.0. The average molecular weight is 404 g/mol. The maximum Gasteiger partial charge on any atom is 0.248 e. The Hall–Kier alpha value is -1.85. The van der Waals surface area contributed by atoms with Gasteiger partial charge in [0.05, 0.1) is 0 Å². The van der Waals surface area contributed by atoms with Gasteiger partial charge in [-0.1, -0.05) is 41.4 Å². The molecule has 0 spiro atoms. The molecule has 0 saturated carbocycles. The van der Waals surface area contributed by atoms with Crippen molar-refractivity contribution in [2.24, 2.45) is 0 Å². The minimum Gasteiger partial charge on any atom is -0.323 e. The molecule has 4 nitrogen and oxygen atoms in total. The van der Waals surface area contributed by atoms with Crippen LogP contribution in [-0.4, -0.2) is 48.9 Å². The second kappa shape index (κ2) is 9.38. The third-order valence-electron chi connectivity index (χ3n) is 4.60. The summed E-state index contributed by atoms with van der Waals surface area (Å²) in [4.78, 5) is 16.9. The molecule has 0 radical (unpaired) electrons. The van der Waals surface area contributed by atoms with Gasteiger partial charge in [-0.2, -0.15) is 0 Å². The second-order valence-electron chi connectivity index (χ2n) is 6.76. The highest BCUT2D eigenvalue weighted by molar-refractivity contribution is 6.35. The second-order valence-corrected chi connectivity index (χ2v) is 7.61. The Kier molecular flexibility index (Phi) is 6.91. The molecule has 27 heavy (non-hydrogen) atoms. The number of nitrogens with zero attached hydrogens (tertiary/aromatic N) is 2. The van der Waals surface area contributed by atoms with Gasteiger partial charge >= 0.3 is 0 Å². The van der Waals surface area contributed by atoms with Gasteiger partial charge < -0.3 is 10.2 Å². The lowest BCUT2D eigenvalue weighted by molar-refractivity contribution is -0.111. The predicted molar refractivity (Wildman–Crippen MR) is 113 cm³/mol. The van der Waals surface area contributed by atoms with Crippen molar-refractivity contribution in [1.82, 2.24) is 9.80 Å². The SMILES string of the molecule is CN1CCN(Cc2ccc(NC(=O)/C=C/c3ccc(Cl)cc3Cl)cc2)CC1. The van der Waals surface area contributed by atoms with Crippen LogP contribution >= 0.6 is 23.2 Å². The van der Waals surface area contributed by atoms with E-state index in [1.165, 1.54) is 11.6 Å². The highest BCUT2D eigenvalue weighted by atomic mass is 35.5. The highest BCUT2D eigenvalue weighted by Crippen LogP contribution is 2.22. The molecule has 2 aromatic carbocycles. The molecule has 6 heteroatoms. The zero-order valence-electron chi connectivity index (χ0n) is 15.3. The van der Waals surface area contributed by atoms with Crippen molar-refractivity contribution in [3.8, 4) is 0 Å². The van der Waals surface area contributed by atoms with Crippen LogP contribution in [0.4, 0.5) is 5.69 Å². The number of likely N-dealkylation sites (N-methyl/N-ethyl adjacent to an activating group) is 1. The topological polar surface area (TPSA) is 35.6 Å². The molecule has 1 fully saturated rings. The molecule has 0 aliphatic carbocycles. The zero-order chi connectivity index (χ0) is 19.2. The van der Waals surface area contributed by atoms with Crippen LogP contribution in [0.2, 0.25) is 10.0 Å². The van der Waals surface area contributed by atoms with Gasteiger partial charge in [0.1, 0.15) is 0 Å². The maximum atomic E-state index is 12.1. The zero-order valence-corrected chi connectivity index (χ0v) is 16.8. The average Bonchev–Trinajstić information content (AvgIpc) is 2.64. The van der Waals surface area contributed by atoms with Crippen LogP contribution in [0.25, 0.3) is 6.08 Å². The summed E-state index contributed by atoms with van der Waals surface area (Å²) in [6.45, 7) is 5.34. The number of carbonyl (C=O) groups is 1. The van der Waals surface area contributed by atoms with Gasteiger partial charge in [-0.3, -0.25) is 9.69 Å². The fourth-order valence-corrected chi connectivity index (χ4v) is 3.42. The molecule has 142 valence electrons. The standard InChI is InChI=1S/C21H23Cl2N3O/c1-25-10-12-26(13-11-25)15-16-2-7-19(8-3-16)24-21(27)9-5-17-4-6-18(22)14-20(17)23/h2-9,14H,10-13,15H2,1H3,(H,24,27)/b9-5+. The molecule has 0 atom stereocenters. The van der Waals surface area contributed by atoms with Crippen LogP contribution in [0.5, 0.6) is 0 Å². The van der Waals surface area contributed by atoms with Gasteiger partial charge in [-0.15, -0.1) is 0 Å². The largest absolute Gasteiger partial charge is 0.323 e. The predicted octanol–water partition coefficient (Wildman–Crippen LogP) is 4.39. The number of nitrogens with one attached hydrogen (secondary N) is 1. The molecule has 0 bridgehead atoms. The first-order chi connectivity index (χ1) is 13.0. The van der Waals surface area contributed by atoms with Gasteiger partial charge in [0, 0.05) is 54.5 Å². The Morgan fingerprint density at radius 1 is 1.07 bits per heavy atom. The molecular weight excluding hydrogens is 381 g/mol. The maximum absolute atomic E-state index is 12.1. The molecule has 1 aliphatic rings. The lowest BCUT2D eigenvalue weighted by Crippen LogP contribution is -2.43. The van der Waals surface area contributed by atoms with E-state index in [0.29, 0.717) is 10.0 Å². The Balaban J connectivity index is 1.53. The molecular formula is C21H23Cl2N3O. The Morgan fingerprint density at radius 3 is 2.44 bits per heavy atom. The number of amides is 1. The van der Waals surface area contributed by atoms with E-state index >= 15 is 0 Å². The van der Waals surface area contributed by atoms with Gasteiger partial charge in [-0.05, 0) is 48.5 Å². The monoisotopic (exact) mass is 403 g/mol. The van der Waals surface area contributed by atoms with E-state index in [9.17, 15) is 4.79 Å². The number of anilines is 1. The number of carbonyl (C=O) groups excluding carboxylic acids is 1. The number of halogens is 2. The molecule has 1 amide bonds. The molecule has 0 aromatic heterocycles. The van der Waals surface area contributed by atoms with Crippen LogP contribution in [0.3, 0.4) is 0 Å². The first kappa shape index (κ1) is 19.9. The van der Waals surface area contributed by atoms with Gasteiger partial charge in [0.15, 0.2) is 0 Å². The summed E-state index contributed by atoms with van der Waals surface area (Å²) in [5, 5.41) is 3.95. The summed E-state index contributed by atoms with van der Waals surface area (Å²) < 4.78 is 0. The van der Waals surface area contributed by atoms with Gasteiger partial charge in [0.25, 0.3) is 0 Å². The van der Waals surface area contributed by atoms with Crippen molar-refractivity contribution < 1.29 is 4.79 Å². The van der Waals surface area contributed by atoms with Crippen molar-refractivity contribution in [1.29, 1.82) is 0 Å². The lowest BCUT2D eigenvalue weighted by atomic mass is 10.1. The first-order valence-electron chi connectivity index (χ1n) is 8.93. The Bertz CT molecular complexity index is 813. The van der Waals surface area contributed by atoms with Crippen LogP contribution in [0.1, 0.15) is 11.1 Å². The fraction of sp³-hybridized carbons (Fsp3) is 0.286. The Labute approximate surface area is 170 Å². The molecule has 1 saturated heterocycles. The minimum absolute atomic E-state index is 0.201. The molecule has 3 rings (SSSR count). The molecule has 1 N–H and O–H groups in total. The number of hydrogen-bond acceptors (Lipinski definition) is 3. The quantitative estimate of drug-likeness (QED) is 0.751. The summed E-state index contributed by atoms with van der Waals surface area (Å²) in [7, 11) is 2.16. The van der Waals surface area contributed by atoms with E-state index < -0.39 is 0 Å². The summed E-state index contributed by atoms with van der Waals surface area (Å²) in [6.07, 6.45) is 3.14. The lowest BCUT2D eigenvalue weighted by Gasteiger charge is -2.32. The van der Waals surface area contributed by atoms with Gasteiger partial charge in [-0.25, -0.2) is 0 Å². The van der Waals surface area contributed by atoms with E-state index in [1.54, 1.807) is 24.3 Å². The third-order valence-corrected chi connectivity index (χ3v) is 5.16. The smallest absolute Gasteiger partial charge is 0.248 e. The number of benzene rings is 2. The van der Waals surface area contributed by atoms with Crippen molar-refractivity contribution in [2.75, 3.05) is 38.5 Å². The third kappa shape index (κ3) is 6.08. The first-order valence-corrected chi connectivity index (χ1v) is 9.69. The van der Waals surface area contributed by atoms with Crippen molar-refractivity contribution in [2.45, 2.75) is 6.54 Å². The van der Waals surface area contributed by atoms with Crippen LogP contribution in [0.15, 0.2) is 48.5 Å². The Morgan fingerprint density at radius 2 is 1.78 bits per heavy atom. The summed E-state index contributed by atoms with van der Waals surface area (Å²) >= 11 is 12.0. The van der Waals surface area contributed by atoms with Crippen LogP contribution < -0.4 is 5.32 Å². The van der Waals surface area contributed by atoms with Crippen molar-refractivity contribution in [3.63, 3.8) is 0 Å². The molecule has 1 aliphatic heterocycles. The number of hydrogen-bond donors (Lipinski definition) is 1. The highest BCUT2D eigenvalue weighted by Gasteiger charge is 2.13. The van der Waals surface area contributed by atoms with Crippen LogP contribution in [0, 0.1) is 0 Å². The van der Waals surface area contributed by atoms with Crippen LogP contribution in [-0.2, 0) is 11.3 Å². The summed E-state index contributed by atoms with van der Waals surface area (Å²) in [5.74, 6) is -0.201. The number of piperazine rings is 1. The van der Waals surface area contributed by atoms with Crippen molar-refractivity contribution in [3.05, 3.63) is 69.7 Å². The van der Waals surface area contributed by atoms with E-state index in [2.05, 4.69) is 34.3 Å². The fourth-order valence-electron chi connectivity index (χ4n) is 2.94. The van der Waals surface area contributed by atoms with E-state index in [-0.39, 0.29) is 5.91 Å². The van der Waals surface area contributed by atoms with E-state index in [4.69, 9.17) is 23.2 Å². The van der Waals surface area contributed by atoms with E-state index in [0.717, 1.165) is 44.0 Å². The van der Waals surface area contributed by atoms with Gasteiger partial charge in [0.2, 0.25) is 5.91 Å².